The molecule has 0 aliphatic heterocycles. The molecule has 0 aliphatic rings. The topological polar surface area (TPSA) is 64.2 Å². The van der Waals surface area contributed by atoms with Gasteiger partial charge in [-0.2, -0.15) is 5.10 Å². The zero-order chi connectivity index (χ0) is 9.73. The van der Waals surface area contributed by atoms with Gasteiger partial charge in [0.1, 0.15) is 0 Å². The highest BCUT2D eigenvalue weighted by Gasteiger charge is 2.28. The van der Waals surface area contributed by atoms with E-state index in [1.807, 2.05) is 0 Å². The Kier molecular flexibility index (Phi) is 3.66. The van der Waals surface area contributed by atoms with Gasteiger partial charge in [-0.3, -0.25) is 9.66 Å². The molecule has 0 bridgehead atoms. The summed E-state index contributed by atoms with van der Waals surface area (Å²) >= 11 is 0. The minimum Gasteiger partial charge on any atom is -0.304 e. The van der Waals surface area contributed by atoms with E-state index in [2.05, 4.69) is 10.2 Å². The summed E-state index contributed by atoms with van der Waals surface area (Å²) in [7, 11) is -3.17. The molecule has 1 aromatic heterocycles. The van der Waals surface area contributed by atoms with Crippen molar-refractivity contribution in [3.8, 4) is 0 Å². The van der Waals surface area contributed by atoms with Gasteiger partial charge in [-0.15, -0.1) is 0 Å². The third-order valence-corrected chi connectivity index (χ3v) is 3.37. The molecule has 0 spiro atoms. The molecule has 0 amide bonds. The van der Waals surface area contributed by atoms with Gasteiger partial charge in [0, 0.05) is 6.20 Å². The summed E-state index contributed by atoms with van der Waals surface area (Å²) in [4.78, 5) is 0. The maximum absolute atomic E-state index is 11.9. The number of nitrogens with one attached hydrogen (secondary N) is 1. The Balaban J connectivity index is 2.85. The van der Waals surface area contributed by atoms with Crippen LogP contribution in [0.2, 0.25) is 0 Å². The molecule has 13 heavy (non-hydrogen) atoms. The molecule has 6 heteroatoms. The van der Waals surface area contributed by atoms with Gasteiger partial charge < -0.3 is 9.05 Å². The first-order valence-corrected chi connectivity index (χ1v) is 5.66. The van der Waals surface area contributed by atoms with E-state index in [4.69, 9.17) is 9.05 Å². The summed E-state index contributed by atoms with van der Waals surface area (Å²) in [6, 6.07) is 1.59. The van der Waals surface area contributed by atoms with Gasteiger partial charge in [-0.25, -0.2) is 0 Å². The fourth-order valence-electron chi connectivity index (χ4n) is 0.914. The Morgan fingerprint density at radius 2 is 2.08 bits per heavy atom. The molecule has 0 atom stereocenters. The smallest absolute Gasteiger partial charge is 0.304 e. The Morgan fingerprint density at radius 3 is 2.46 bits per heavy atom. The Hall–Kier alpha value is -0.640. The van der Waals surface area contributed by atoms with Crippen molar-refractivity contribution < 1.29 is 13.6 Å². The maximum atomic E-state index is 11.9. The molecule has 0 aliphatic carbocycles. The summed E-state index contributed by atoms with van der Waals surface area (Å²) in [6.07, 6.45) is 1.58. The lowest BCUT2D eigenvalue weighted by molar-refractivity contribution is 0.229. The lowest BCUT2D eigenvalue weighted by Crippen LogP contribution is -2.11. The quantitative estimate of drug-likeness (QED) is 0.734. The first-order valence-electron chi connectivity index (χ1n) is 4.12. The van der Waals surface area contributed by atoms with Crippen LogP contribution in [-0.2, 0) is 13.6 Å². The number of rotatable bonds is 5. The molecule has 74 valence electrons. The zero-order valence-corrected chi connectivity index (χ0v) is 8.58. The maximum Gasteiger partial charge on any atom is 0.381 e. The Bertz CT molecular complexity index is 276. The lowest BCUT2D eigenvalue weighted by atomic mass is 10.8. The molecule has 0 saturated carbocycles. The van der Waals surface area contributed by atoms with E-state index in [1.54, 1.807) is 26.1 Å². The number of hydrogen-bond acceptors (Lipinski definition) is 4. The molecule has 0 fully saturated rings. The van der Waals surface area contributed by atoms with Gasteiger partial charge in [0.25, 0.3) is 0 Å². The molecule has 0 saturated heterocycles. The summed E-state index contributed by atoms with van der Waals surface area (Å²) in [5, 5.41) is 6.36. The standard InChI is InChI=1S/C7H13N2O3P/c1-3-11-13(10,12-4-2)7-5-6-8-9-7/h5-6H,3-4H2,1-2H3,(H,8,9). The molecule has 0 unspecified atom stereocenters. The number of aromatic nitrogens is 2. The molecule has 1 N–H and O–H groups in total. The molecule has 1 rings (SSSR count). The van der Waals surface area contributed by atoms with E-state index in [1.165, 1.54) is 0 Å². The van der Waals surface area contributed by atoms with Gasteiger partial charge in [0.05, 0.1) is 13.2 Å². The van der Waals surface area contributed by atoms with E-state index >= 15 is 0 Å². The Labute approximate surface area is 77.0 Å². The number of hydrogen-bond donors (Lipinski definition) is 1. The summed E-state index contributed by atoms with van der Waals surface area (Å²) in [5.74, 6) is 0. The van der Waals surface area contributed by atoms with Crippen molar-refractivity contribution in [3.05, 3.63) is 12.3 Å². The summed E-state index contributed by atoms with van der Waals surface area (Å²) in [6.45, 7) is 4.20. The predicted octanol–water partition coefficient (Wildman–Crippen LogP) is 1.30. The second-order valence-electron chi connectivity index (χ2n) is 2.27. The SMILES string of the molecule is CCOP(=O)(OCC)c1cc[nH]n1. The largest absolute Gasteiger partial charge is 0.381 e. The predicted molar refractivity (Wildman–Crippen MR) is 49.1 cm³/mol. The summed E-state index contributed by atoms with van der Waals surface area (Å²) < 4.78 is 22.1. The molecular weight excluding hydrogens is 191 g/mol. The van der Waals surface area contributed by atoms with Crippen molar-refractivity contribution in [2.75, 3.05) is 13.2 Å². The zero-order valence-electron chi connectivity index (χ0n) is 7.69. The monoisotopic (exact) mass is 204 g/mol. The van der Waals surface area contributed by atoms with Crippen molar-refractivity contribution in [2.45, 2.75) is 13.8 Å². The van der Waals surface area contributed by atoms with Crippen LogP contribution in [-0.4, -0.2) is 23.4 Å². The van der Waals surface area contributed by atoms with Crippen molar-refractivity contribution in [2.24, 2.45) is 0 Å². The first-order chi connectivity index (χ1) is 6.23. The van der Waals surface area contributed by atoms with E-state index in [-0.39, 0.29) is 0 Å². The van der Waals surface area contributed by atoms with E-state index < -0.39 is 7.60 Å². The van der Waals surface area contributed by atoms with E-state index in [0.717, 1.165) is 0 Å². The summed E-state index contributed by atoms with van der Waals surface area (Å²) in [5.41, 5.74) is 0.330. The van der Waals surface area contributed by atoms with Crippen LogP contribution in [0, 0.1) is 0 Å². The van der Waals surface area contributed by atoms with Gasteiger partial charge in [-0.1, -0.05) is 0 Å². The van der Waals surface area contributed by atoms with Crippen LogP contribution in [0.25, 0.3) is 0 Å². The highest BCUT2D eigenvalue weighted by molar-refractivity contribution is 7.61. The fourth-order valence-corrected chi connectivity index (χ4v) is 2.37. The second kappa shape index (κ2) is 4.56. The fraction of sp³-hybridized carbons (Fsp3) is 0.571. The third kappa shape index (κ3) is 2.40. The second-order valence-corrected chi connectivity index (χ2v) is 4.23. The van der Waals surface area contributed by atoms with E-state index in [9.17, 15) is 4.57 Å². The van der Waals surface area contributed by atoms with Crippen LogP contribution >= 0.6 is 7.60 Å². The third-order valence-electron chi connectivity index (χ3n) is 1.36. The molecule has 1 aromatic rings. The minimum absolute atomic E-state index is 0.330. The van der Waals surface area contributed by atoms with Crippen molar-refractivity contribution in [1.29, 1.82) is 0 Å². The molecular formula is C7H13N2O3P. The lowest BCUT2D eigenvalue weighted by Gasteiger charge is -2.13. The van der Waals surface area contributed by atoms with Crippen LogP contribution in [0.5, 0.6) is 0 Å². The van der Waals surface area contributed by atoms with Gasteiger partial charge in [0.2, 0.25) is 0 Å². The van der Waals surface area contributed by atoms with Gasteiger partial charge >= 0.3 is 7.60 Å². The minimum atomic E-state index is -3.17. The van der Waals surface area contributed by atoms with Crippen LogP contribution in [0.3, 0.4) is 0 Å². The number of aromatic amines is 1. The van der Waals surface area contributed by atoms with Crippen molar-refractivity contribution in [1.82, 2.24) is 10.2 Å². The molecule has 0 radical (unpaired) electrons. The first kappa shape index (κ1) is 10.4. The molecule has 1 heterocycles. The average molecular weight is 204 g/mol. The average Bonchev–Trinajstić information content (AvgIpc) is 2.57. The van der Waals surface area contributed by atoms with Crippen LogP contribution in [0.1, 0.15) is 13.8 Å². The number of nitrogens with zero attached hydrogens (tertiary/aromatic N) is 1. The Morgan fingerprint density at radius 1 is 1.46 bits per heavy atom. The van der Waals surface area contributed by atoms with Crippen molar-refractivity contribution in [3.63, 3.8) is 0 Å². The molecule has 5 nitrogen and oxygen atoms in total. The van der Waals surface area contributed by atoms with Crippen molar-refractivity contribution >= 4 is 13.0 Å². The van der Waals surface area contributed by atoms with Crippen LogP contribution in [0.15, 0.2) is 12.3 Å². The van der Waals surface area contributed by atoms with Crippen LogP contribution in [0.4, 0.5) is 0 Å². The highest BCUT2D eigenvalue weighted by atomic mass is 31.2. The highest BCUT2D eigenvalue weighted by Crippen LogP contribution is 2.45. The normalized spacial score (nSPS) is 11.8. The van der Waals surface area contributed by atoms with E-state index in [0.29, 0.717) is 18.6 Å². The van der Waals surface area contributed by atoms with Crippen LogP contribution < -0.4 is 5.44 Å². The number of H-pyrrole nitrogens is 1. The van der Waals surface area contributed by atoms with Gasteiger partial charge in [0.15, 0.2) is 5.44 Å². The molecule has 0 aromatic carbocycles. The van der Waals surface area contributed by atoms with Gasteiger partial charge in [-0.05, 0) is 19.9 Å².